The second-order valence-electron chi connectivity index (χ2n) is 5.94. The zero-order valence-electron chi connectivity index (χ0n) is 12.6. The Morgan fingerprint density at radius 1 is 1.24 bits per heavy atom. The first-order valence-corrected chi connectivity index (χ1v) is 7.83. The largest absolute Gasteiger partial charge is 0.306 e. The molecule has 0 spiro atoms. The molecule has 0 amide bonds. The minimum absolute atomic E-state index is 0.346. The van der Waals surface area contributed by atoms with Crippen molar-refractivity contribution >= 4 is 0 Å². The molecule has 1 atom stereocenters. The fourth-order valence-electron chi connectivity index (χ4n) is 3.05. The molecule has 1 aliphatic heterocycles. The van der Waals surface area contributed by atoms with Gasteiger partial charge in [0.2, 0.25) is 0 Å². The van der Waals surface area contributed by atoms with E-state index in [1.54, 1.807) is 0 Å². The van der Waals surface area contributed by atoms with Crippen molar-refractivity contribution in [2.24, 2.45) is 0 Å². The second-order valence-corrected chi connectivity index (χ2v) is 5.94. The van der Waals surface area contributed by atoms with E-state index in [4.69, 9.17) is 0 Å². The molecule has 0 saturated carbocycles. The number of H-pyrrole nitrogens is 1. The van der Waals surface area contributed by atoms with Crippen LogP contribution in [0.25, 0.3) is 0 Å². The van der Waals surface area contributed by atoms with E-state index in [1.165, 1.54) is 37.2 Å². The lowest BCUT2D eigenvalue weighted by molar-refractivity contribution is 0.185. The van der Waals surface area contributed by atoms with E-state index < -0.39 is 0 Å². The van der Waals surface area contributed by atoms with Crippen molar-refractivity contribution in [3.05, 3.63) is 53.9 Å². The Morgan fingerprint density at radius 2 is 2.00 bits per heavy atom. The van der Waals surface area contributed by atoms with Crippen molar-refractivity contribution in [2.75, 3.05) is 13.1 Å². The second kappa shape index (κ2) is 6.87. The number of nitrogens with zero attached hydrogens (tertiary/aromatic N) is 2. The van der Waals surface area contributed by atoms with Crippen molar-refractivity contribution in [3.63, 3.8) is 0 Å². The van der Waals surface area contributed by atoms with E-state index in [2.05, 4.69) is 57.7 Å². The summed E-state index contributed by atoms with van der Waals surface area (Å²) in [5.41, 5.74) is 2.58. The fraction of sp³-hybridized carbons (Fsp3) is 0.471. The van der Waals surface area contributed by atoms with Crippen LogP contribution in [-0.4, -0.2) is 34.2 Å². The molecular weight excluding hydrogens is 260 g/mol. The molecule has 1 aromatic heterocycles. The van der Waals surface area contributed by atoms with Crippen molar-refractivity contribution in [1.29, 1.82) is 0 Å². The van der Waals surface area contributed by atoms with Crippen molar-refractivity contribution in [1.82, 2.24) is 20.4 Å². The zero-order chi connectivity index (χ0) is 14.5. The summed E-state index contributed by atoms with van der Waals surface area (Å²) < 4.78 is 0. The first-order valence-electron chi connectivity index (χ1n) is 7.83. The predicted octanol–water partition coefficient (Wildman–Crippen LogP) is 2.72. The average molecular weight is 284 g/mol. The number of hydrogen-bond donors (Lipinski definition) is 2. The van der Waals surface area contributed by atoms with Crippen LogP contribution in [0.2, 0.25) is 0 Å². The van der Waals surface area contributed by atoms with E-state index in [0.29, 0.717) is 12.1 Å². The SMILES string of the molecule is CC(NC1CCN(Cc2ccccc2)CC1)c1ccn[nH]1. The first kappa shape index (κ1) is 14.3. The van der Waals surface area contributed by atoms with Crippen molar-refractivity contribution < 1.29 is 0 Å². The average Bonchev–Trinajstić information content (AvgIpc) is 3.05. The molecular formula is C17H24N4. The fourth-order valence-corrected chi connectivity index (χ4v) is 3.05. The lowest BCUT2D eigenvalue weighted by Crippen LogP contribution is -2.43. The molecule has 112 valence electrons. The van der Waals surface area contributed by atoms with Gasteiger partial charge in [0.25, 0.3) is 0 Å². The van der Waals surface area contributed by atoms with Gasteiger partial charge in [-0.2, -0.15) is 5.10 Å². The molecule has 0 bridgehead atoms. The number of nitrogens with one attached hydrogen (secondary N) is 2. The number of aromatic amines is 1. The van der Waals surface area contributed by atoms with Gasteiger partial charge >= 0.3 is 0 Å². The van der Waals surface area contributed by atoms with Crippen LogP contribution in [-0.2, 0) is 6.54 Å². The van der Waals surface area contributed by atoms with Gasteiger partial charge in [-0.1, -0.05) is 30.3 Å². The highest BCUT2D eigenvalue weighted by Gasteiger charge is 2.21. The van der Waals surface area contributed by atoms with Crippen molar-refractivity contribution in [3.8, 4) is 0 Å². The number of rotatable bonds is 5. The Morgan fingerprint density at radius 3 is 2.67 bits per heavy atom. The predicted molar refractivity (Wildman–Crippen MR) is 84.9 cm³/mol. The van der Waals surface area contributed by atoms with Gasteiger partial charge in [-0.05, 0) is 44.5 Å². The summed E-state index contributed by atoms with van der Waals surface area (Å²) in [5.74, 6) is 0. The molecule has 21 heavy (non-hydrogen) atoms. The summed E-state index contributed by atoms with van der Waals surface area (Å²) in [6.07, 6.45) is 4.24. The molecule has 1 saturated heterocycles. The molecule has 2 heterocycles. The number of benzene rings is 1. The van der Waals surface area contributed by atoms with Crippen LogP contribution in [0.5, 0.6) is 0 Å². The molecule has 2 aromatic rings. The highest BCUT2D eigenvalue weighted by molar-refractivity contribution is 5.14. The molecule has 0 radical (unpaired) electrons. The van der Waals surface area contributed by atoms with Gasteiger partial charge in [0.15, 0.2) is 0 Å². The lowest BCUT2D eigenvalue weighted by Gasteiger charge is -2.33. The Bertz CT molecular complexity index is 515. The molecule has 2 N–H and O–H groups in total. The highest BCUT2D eigenvalue weighted by Crippen LogP contribution is 2.17. The number of aromatic nitrogens is 2. The molecule has 1 unspecified atom stereocenters. The molecule has 4 heteroatoms. The zero-order valence-corrected chi connectivity index (χ0v) is 12.6. The quantitative estimate of drug-likeness (QED) is 0.887. The summed E-state index contributed by atoms with van der Waals surface area (Å²) in [5, 5.41) is 10.8. The van der Waals surface area contributed by atoms with Crippen LogP contribution in [0, 0.1) is 0 Å². The van der Waals surface area contributed by atoms with Crippen LogP contribution in [0.1, 0.15) is 37.1 Å². The van der Waals surface area contributed by atoms with Crippen LogP contribution in [0.3, 0.4) is 0 Å². The van der Waals surface area contributed by atoms with Crippen molar-refractivity contribution in [2.45, 2.75) is 38.4 Å². The summed E-state index contributed by atoms with van der Waals surface area (Å²) in [7, 11) is 0. The smallest absolute Gasteiger partial charge is 0.0518 e. The Kier molecular flexibility index (Phi) is 4.68. The lowest BCUT2D eigenvalue weighted by atomic mass is 10.0. The summed E-state index contributed by atoms with van der Waals surface area (Å²) in [4.78, 5) is 2.55. The maximum Gasteiger partial charge on any atom is 0.0518 e. The van der Waals surface area contributed by atoms with Gasteiger partial charge in [-0.15, -0.1) is 0 Å². The Hall–Kier alpha value is -1.65. The molecule has 1 aromatic carbocycles. The Labute approximate surface area is 126 Å². The Balaban J connectivity index is 1.45. The van der Waals surface area contributed by atoms with Crippen LogP contribution < -0.4 is 5.32 Å². The van der Waals surface area contributed by atoms with E-state index in [0.717, 1.165) is 6.54 Å². The summed E-state index contributed by atoms with van der Waals surface area (Å²) in [6, 6.07) is 13.7. The minimum Gasteiger partial charge on any atom is -0.306 e. The van der Waals surface area contributed by atoms with Gasteiger partial charge in [0, 0.05) is 24.8 Å². The molecule has 0 aliphatic carbocycles. The monoisotopic (exact) mass is 284 g/mol. The number of hydrogen-bond acceptors (Lipinski definition) is 3. The third-order valence-corrected chi connectivity index (χ3v) is 4.31. The van der Waals surface area contributed by atoms with Crippen LogP contribution in [0.15, 0.2) is 42.6 Å². The molecule has 3 rings (SSSR count). The number of likely N-dealkylation sites (tertiary alicyclic amines) is 1. The van der Waals surface area contributed by atoms with Gasteiger partial charge < -0.3 is 5.32 Å². The normalized spacial score (nSPS) is 18.7. The van der Waals surface area contributed by atoms with Gasteiger partial charge in [0.1, 0.15) is 0 Å². The van der Waals surface area contributed by atoms with Gasteiger partial charge in [-0.25, -0.2) is 0 Å². The topological polar surface area (TPSA) is 44.0 Å². The highest BCUT2D eigenvalue weighted by atomic mass is 15.2. The van der Waals surface area contributed by atoms with E-state index in [-0.39, 0.29) is 0 Å². The van der Waals surface area contributed by atoms with Gasteiger partial charge in [0.05, 0.1) is 5.69 Å². The van der Waals surface area contributed by atoms with Crippen LogP contribution >= 0.6 is 0 Å². The van der Waals surface area contributed by atoms with E-state index in [1.807, 2.05) is 12.3 Å². The standard InChI is InChI=1S/C17H24N4/c1-14(17-7-10-18-20-17)19-16-8-11-21(12-9-16)13-15-5-3-2-4-6-15/h2-7,10,14,16,19H,8-9,11-13H2,1H3,(H,18,20). The van der Waals surface area contributed by atoms with E-state index >= 15 is 0 Å². The summed E-state index contributed by atoms with van der Waals surface area (Å²) in [6.45, 7) is 5.61. The maximum absolute atomic E-state index is 4.02. The minimum atomic E-state index is 0.346. The molecule has 1 fully saturated rings. The first-order chi connectivity index (χ1) is 10.3. The molecule has 1 aliphatic rings. The summed E-state index contributed by atoms with van der Waals surface area (Å²) >= 11 is 0. The molecule has 4 nitrogen and oxygen atoms in total. The number of piperidine rings is 1. The maximum atomic E-state index is 4.02. The van der Waals surface area contributed by atoms with Gasteiger partial charge in [-0.3, -0.25) is 10.00 Å². The van der Waals surface area contributed by atoms with Crippen LogP contribution in [0.4, 0.5) is 0 Å². The third kappa shape index (κ3) is 3.93. The third-order valence-electron chi connectivity index (χ3n) is 4.31. The van der Waals surface area contributed by atoms with E-state index in [9.17, 15) is 0 Å².